The molecule has 2 rings (SSSR count). The van der Waals surface area contributed by atoms with Crippen molar-refractivity contribution < 1.29 is 23.8 Å². The lowest BCUT2D eigenvalue weighted by molar-refractivity contribution is -0.148. The molecule has 1 amide bonds. The van der Waals surface area contributed by atoms with Gasteiger partial charge < -0.3 is 19.5 Å². The Bertz CT molecular complexity index is 800. The van der Waals surface area contributed by atoms with Gasteiger partial charge in [0, 0.05) is 23.4 Å². The van der Waals surface area contributed by atoms with Crippen molar-refractivity contribution >= 4 is 23.6 Å². The van der Waals surface area contributed by atoms with E-state index in [1.165, 1.54) is 13.0 Å². The molecule has 0 heterocycles. The minimum absolute atomic E-state index is 0.433. The summed E-state index contributed by atoms with van der Waals surface area (Å²) in [6, 6.07) is 14.2. The molecule has 136 valence electrons. The molecule has 0 spiro atoms. The average molecular weight is 355 g/mol. The van der Waals surface area contributed by atoms with Crippen molar-refractivity contribution in [1.29, 1.82) is 0 Å². The van der Waals surface area contributed by atoms with Crippen molar-refractivity contribution in [3.8, 4) is 11.5 Å². The number of methoxy groups -OCH3 is 2. The standard InChI is InChI=1S/C20H21NO5/c1-14(20(23)21-16-8-6-9-17(13-16)24-2)26-19(22)12-11-15-7-4-5-10-18(15)25-3/h4-14H,1-3H3,(H,21,23)/b12-11+/t14-/m1/s1. The summed E-state index contributed by atoms with van der Waals surface area (Å²) in [5.41, 5.74) is 1.29. The summed E-state index contributed by atoms with van der Waals surface area (Å²) in [6.45, 7) is 1.50. The first-order valence-corrected chi connectivity index (χ1v) is 8.00. The fraction of sp³-hybridized carbons (Fsp3) is 0.200. The molecule has 0 unspecified atom stereocenters. The summed E-state index contributed by atoms with van der Waals surface area (Å²) in [5.74, 6) is 0.203. The van der Waals surface area contributed by atoms with Crippen molar-refractivity contribution in [2.75, 3.05) is 19.5 Å². The molecular formula is C20H21NO5. The van der Waals surface area contributed by atoms with Gasteiger partial charge in [-0.05, 0) is 31.2 Å². The topological polar surface area (TPSA) is 73.9 Å². The number of esters is 1. The molecule has 0 fully saturated rings. The van der Waals surface area contributed by atoms with E-state index in [1.54, 1.807) is 50.6 Å². The zero-order valence-corrected chi connectivity index (χ0v) is 14.9. The van der Waals surface area contributed by atoms with Gasteiger partial charge in [-0.2, -0.15) is 0 Å². The van der Waals surface area contributed by atoms with Gasteiger partial charge in [-0.3, -0.25) is 4.79 Å². The second-order valence-electron chi connectivity index (χ2n) is 5.38. The molecule has 0 saturated carbocycles. The maximum atomic E-state index is 12.1. The van der Waals surface area contributed by atoms with E-state index >= 15 is 0 Å². The molecule has 0 aliphatic carbocycles. The van der Waals surface area contributed by atoms with Gasteiger partial charge in [0.2, 0.25) is 0 Å². The maximum Gasteiger partial charge on any atom is 0.331 e. The molecule has 0 bridgehead atoms. The lowest BCUT2D eigenvalue weighted by atomic mass is 10.2. The van der Waals surface area contributed by atoms with Crippen molar-refractivity contribution in [1.82, 2.24) is 0 Å². The zero-order chi connectivity index (χ0) is 18.9. The van der Waals surface area contributed by atoms with Gasteiger partial charge in [-0.25, -0.2) is 4.79 Å². The van der Waals surface area contributed by atoms with Crippen LogP contribution in [0, 0.1) is 0 Å². The third kappa shape index (κ3) is 5.37. The molecular weight excluding hydrogens is 334 g/mol. The van der Waals surface area contributed by atoms with Crippen LogP contribution >= 0.6 is 0 Å². The lowest BCUT2D eigenvalue weighted by Crippen LogP contribution is -2.29. The molecule has 26 heavy (non-hydrogen) atoms. The molecule has 0 aromatic heterocycles. The largest absolute Gasteiger partial charge is 0.497 e. The van der Waals surface area contributed by atoms with E-state index in [4.69, 9.17) is 14.2 Å². The third-order valence-corrected chi connectivity index (χ3v) is 3.54. The third-order valence-electron chi connectivity index (χ3n) is 3.54. The van der Waals surface area contributed by atoms with Gasteiger partial charge in [-0.15, -0.1) is 0 Å². The van der Waals surface area contributed by atoms with Crippen molar-refractivity contribution in [2.24, 2.45) is 0 Å². The van der Waals surface area contributed by atoms with Crippen LogP contribution < -0.4 is 14.8 Å². The van der Waals surface area contributed by atoms with Crippen molar-refractivity contribution in [2.45, 2.75) is 13.0 Å². The zero-order valence-electron chi connectivity index (χ0n) is 14.9. The highest BCUT2D eigenvalue weighted by atomic mass is 16.5. The van der Waals surface area contributed by atoms with Gasteiger partial charge in [-0.1, -0.05) is 24.3 Å². The summed E-state index contributed by atoms with van der Waals surface area (Å²) >= 11 is 0. The smallest absolute Gasteiger partial charge is 0.331 e. The predicted molar refractivity (Wildman–Crippen MR) is 99.2 cm³/mol. The van der Waals surface area contributed by atoms with E-state index in [2.05, 4.69) is 5.32 Å². The molecule has 2 aromatic rings. The minimum atomic E-state index is -0.948. The normalized spacial score (nSPS) is 11.7. The Kier molecular flexibility index (Phi) is 6.79. The van der Waals surface area contributed by atoms with Gasteiger partial charge in [0.25, 0.3) is 5.91 Å². The van der Waals surface area contributed by atoms with Gasteiger partial charge >= 0.3 is 5.97 Å². The van der Waals surface area contributed by atoms with Gasteiger partial charge in [0.1, 0.15) is 11.5 Å². The number of amides is 1. The molecule has 0 aliphatic rings. The van der Waals surface area contributed by atoms with Crippen LogP contribution in [0.4, 0.5) is 5.69 Å². The van der Waals surface area contributed by atoms with Crippen LogP contribution in [-0.2, 0) is 14.3 Å². The van der Waals surface area contributed by atoms with Gasteiger partial charge in [0.05, 0.1) is 14.2 Å². The average Bonchev–Trinajstić information content (AvgIpc) is 2.66. The Labute approximate surface area is 152 Å². The number of rotatable bonds is 7. The number of anilines is 1. The van der Waals surface area contributed by atoms with E-state index in [-0.39, 0.29) is 0 Å². The highest BCUT2D eigenvalue weighted by Gasteiger charge is 2.17. The fourth-order valence-electron chi connectivity index (χ4n) is 2.17. The van der Waals surface area contributed by atoms with Crippen LogP contribution in [0.2, 0.25) is 0 Å². The predicted octanol–water partition coefficient (Wildman–Crippen LogP) is 3.29. The second-order valence-corrected chi connectivity index (χ2v) is 5.38. The summed E-state index contributed by atoms with van der Waals surface area (Å²) in [6.07, 6.45) is 1.89. The molecule has 1 atom stereocenters. The number of carbonyl (C=O) groups excluding carboxylic acids is 2. The first kappa shape index (κ1) is 19.1. The number of benzene rings is 2. The molecule has 1 N–H and O–H groups in total. The lowest BCUT2D eigenvalue weighted by Gasteiger charge is -2.13. The number of hydrogen-bond acceptors (Lipinski definition) is 5. The second kappa shape index (κ2) is 9.27. The Balaban J connectivity index is 1.93. The van der Waals surface area contributed by atoms with E-state index < -0.39 is 18.0 Å². The number of nitrogens with one attached hydrogen (secondary N) is 1. The molecule has 6 nitrogen and oxygen atoms in total. The highest BCUT2D eigenvalue weighted by molar-refractivity contribution is 5.96. The van der Waals surface area contributed by atoms with Crippen LogP contribution in [0.25, 0.3) is 6.08 Å². The van der Waals surface area contributed by atoms with Crippen molar-refractivity contribution in [3.05, 3.63) is 60.2 Å². The molecule has 0 aliphatic heterocycles. The molecule has 0 saturated heterocycles. The quantitative estimate of drug-likeness (QED) is 0.609. The minimum Gasteiger partial charge on any atom is -0.497 e. The first-order valence-electron chi connectivity index (χ1n) is 8.00. The Morgan fingerprint density at radius 3 is 2.54 bits per heavy atom. The molecule has 2 aromatic carbocycles. The van der Waals surface area contributed by atoms with E-state index in [0.29, 0.717) is 17.2 Å². The fourth-order valence-corrected chi connectivity index (χ4v) is 2.17. The molecule has 6 heteroatoms. The van der Waals surface area contributed by atoms with E-state index in [9.17, 15) is 9.59 Å². The van der Waals surface area contributed by atoms with Crippen LogP contribution in [0.3, 0.4) is 0 Å². The Morgan fingerprint density at radius 2 is 1.81 bits per heavy atom. The maximum absolute atomic E-state index is 12.1. The number of para-hydroxylation sites is 1. The van der Waals surface area contributed by atoms with E-state index in [1.807, 2.05) is 18.2 Å². The number of carbonyl (C=O) groups is 2. The summed E-state index contributed by atoms with van der Waals surface area (Å²) in [4.78, 5) is 24.1. The van der Waals surface area contributed by atoms with Crippen molar-refractivity contribution in [3.63, 3.8) is 0 Å². The number of ether oxygens (including phenoxy) is 3. The van der Waals surface area contributed by atoms with Crippen LogP contribution in [-0.4, -0.2) is 32.2 Å². The molecule has 0 radical (unpaired) electrons. The summed E-state index contributed by atoms with van der Waals surface area (Å²) in [7, 11) is 3.09. The highest BCUT2D eigenvalue weighted by Crippen LogP contribution is 2.19. The monoisotopic (exact) mass is 355 g/mol. The van der Waals surface area contributed by atoms with Crippen LogP contribution in [0.5, 0.6) is 11.5 Å². The summed E-state index contributed by atoms with van der Waals surface area (Å²) in [5, 5.41) is 2.67. The Hall–Kier alpha value is -3.28. The Morgan fingerprint density at radius 1 is 1.04 bits per heavy atom. The van der Waals surface area contributed by atoms with E-state index in [0.717, 1.165) is 5.56 Å². The number of hydrogen-bond donors (Lipinski definition) is 1. The van der Waals surface area contributed by atoms with Crippen LogP contribution in [0.15, 0.2) is 54.6 Å². The first-order chi connectivity index (χ1) is 12.5. The SMILES string of the molecule is COc1cccc(NC(=O)[C@@H](C)OC(=O)/C=C/c2ccccc2OC)c1. The van der Waals surface area contributed by atoms with Crippen LogP contribution in [0.1, 0.15) is 12.5 Å². The summed E-state index contributed by atoms with van der Waals surface area (Å²) < 4.78 is 15.4. The van der Waals surface area contributed by atoms with Gasteiger partial charge in [0.15, 0.2) is 6.10 Å².